The molecule has 35 heavy (non-hydrogen) atoms. The Kier molecular flexibility index (Phi) is 8.47. The van der Waals surface area contributed by atoms with Crippen molar-refractivity contribution in [2.45, 2.75) is 44.2 Å². The van der Waals surface area contributed by atoms with Crippen molar-refractivity contribution in [1.29, 1.82) is 0 Å². The summed E-state index contributed by atoms with van der Waals surface area (Å²) in [6.45, 7) is 2.49. The second-order valence-corrected chi connectivity index (χ2v) is 9.17. The molecule has 0 aliphatic carbocycles. The Morgan fingerprint density at radius 2 is 1.80 bits per heavy atom. The summed E-state index contributed by atoms with van der Waals surface area (Å²) in [5.41, 5.74) is 1.78. The van der Waals surface area contributed by atoms with Gasteiger partial charge < -0.3 is 25.0 Å². The number of carbonyl (C=O) groups excluding carboxylic acids is 2. The number of anilines is 1. The molecule has 2 aromatic carbocycles. The van der Waals surface area contributed by atoms with Crippen LogP contribution < -0.4 is 20.1 Å². The van der Waals surface area contributed by atoms with E-state index >= 15 is 0 Å². The van der Waals surface area contributed by atoms with Crippen LogP contribution in [0.25, 0.3) is 0 Å². The van der Waals surface area contributed by atoms with Crippen LogP contribution in [-0.4, -0.2) is 68.2 Å². The van der Waals surface area contributed by atoms with Gasteiger partial charge in [-0.15, -0.1) is 0 Å². The first-order valence-electron chi connectivity index (χ1n) is 12.4. The van der Waals surface area contributed by atoms with Gasteiger partial charge in [0.05, 0.1) is 26.8 Å². The second kappa shape index (κ2) is 11.9. The van der Waals surface area contributed by atoms with Gasteiger partial charge in [-0.2, -0.15) is 0 Å². The minimum atomic E-state index is -0.223. The van der Waals surface area contributed by atoms with Crippen LogP contribution in [0.3, 0.4) is 0 Å². The summed E-state index contributed by atoms with van der Waals surface area (Å²) in [5, 5.41) is 5.85. The molecule has 2 aromatic rings. The molecule has 0 radical (unpaired) electrons. The molecule has 0 saturated carbocycles. The lowest BCUT2D eigenvalue weighted by molar-refractivity contribution is -0.134. The second-order valence-electron chi connectivity index (χ2n) is 9.17. The maximum atomic E-state index is 13.5. The lowest BCUT2D eigenvalue weighted by Gasteiger charge is -2.37. The minimum absolute atomic E-state index is 0.00127. The summed E-state index contributed by atoms with van der Waals surface area (Å²) in [7, 11) is 3.29. The van der Waals surface area contributed by atoms with Gasteiger partial charge in [0.15, 0.2) is 0 Å². The van der Waals surface area contributed by atoms with E-state index in [-0.39, 0.29) is 24.0 Å². The van der Waals surface area contributed by atoms with Gasteiger partial charge in [-0.1, -0.05) is 24.6 Å². The van der Waals surface area contributed by atoms with Crippen molar-refractivity contribution in [3.8, 4) is 11.5 Å². The van der Waals surface area contributed by atoms with Crippen molar-refractivity contribution in [1.82, 2.24) is 15.1 Å². The number of hydrogen-bond acceptors (Lipinski definition) is 5. The van der Waals surface area contributed by atoms with Gasteiger partial charge in [0.2, 0.25) is 5.91 Å². The number of likely N-dealkylation sites (tertiary alicyclic amines) is 2. The van der Waals surface area contributed by atoms with E-state index < -0.39 is 0 Å². The molecule has 3 amide bonds. The smallest absolute Gasteiger partial charge is 0.319 e. The summed E-state index contributed by atoms with van der Waals surface area (Å²) < 4.78 is 11.0. The monoisotopic (exact) mass is 480 g/mol. The van der Waals surface area contributed by atoms with Gasteiger partial charge in [-0.05, 0) is 56.5 Å². The lowest BCUT2D eigenvalue weighted by Crippen LogP contribution is -2.51. The van der Waals surface area contributed by atoms with Crippen LogP contribution in [0.1, 0.15) is 43.7 Å². The molecule has 0 aromatic heterocycles. The van der Waals surface area contributed by atoms with Gasteiger partial charge in [0, 0.05) is 36.4 Å². The fourth-order valence-electron chi connectivity index (χ4n) is 5.15. The van der Waals surface area contributed by atoms with Gasteiger partial charge in [0.25, 0.3) is 0 Å². The number of urea groups is 1. The standard InChI is InChI=1S/C27H36N4O4/c1-34-22-13-14-23(25(17-22)35-2)24-12-8-16-31(24)26(32)19-30-15-7-6-11-21(30)18-28-27(33)29-20-9-4-3-5-10-20/h3-5,9-10,13-14,17,21,24H,6-8,11-12,15-16,18-19H2,1-2H3,(H2,28,29,33). The summed E-state index contributed by atoms with van der Waals surface area (Å²) in [4.78, 5) is 30.0. The van der Waals surface area contributed by atoms with E-state index in [1.54, 1.807) is 14.2 Å². The molecule has 188 valence electrons. The van der Waals surface area contributed by atoms with Crippen LogP contribution in [0.4, 0.5) is 10.5 Å². The van der Waals surface area contributed by atoms with Gasteiger partial charge in [-0.25, -0.2) is 4.79 Å². The molecule has 0 bridgehead atoms. The highest BCUT2D eigenvalue weighted by atomic mass is 16.5. The number of nitrogens with one attached hydrogen (secondary N) is 2. The molecule has 2 heterocycles. The predicted octanol–water partition coefficient (Wildman–Crippen LogP) is 4.04. The number of nitrogens with zero attached hydrogens (tertiary/aromatic N) is 2. The average molecular weight is 481 g/mol. The van der Waals surface area contributed by atoms with E-state index in [0.717, 1.165) is 67.9 Å². The van der Waals surface area contributed by atoms with Crippen molar-refractivity contribution >= 4 is 17.6 Å². The van der Waals surface area contributed by atoms with E-state index in [1.807, 2.05) is 53.4 Å². The number of rotatable bonds is 8. The highest BCUT2D eigenvalue weighted by molar-refractivity contribution is 5.89. The van der Waals surface area contributed by atoms with Crippen molar-refractivity contribution in [2.24, 2.45) is 0 Å². The molecular weight excluding hydrogens is 444 g/mol. The largest absolute Gasteiger partial charge is 0.497 e. The molecule has 2 aliphatic heterocycles. The van der Waals surface area contributed by atoms with Crippen LogP contribution in [0.2, 0.25) is 0 Å². The van der Waals surface area contributed by atoms with Crippen LogP contribution >= 0.6 is 0 Å². The Bertz CT molecular complexity index is 1000. The Balaban J connectivity index is 1.37. The Hall–Kier alpha value is -3.26. The van der Waals surface area contributed by atoms with Crippen molar-refractivity contribution in [2.75, 3.05) is 45.7 Å². The van der Waals surface area contributed by atoms with E-state index in [0.29, 0.717) is 13.1 Å². The maximum absolute atomic E-state index is 13.5. The number of methoxy groups -OCH3 is 2. The SMILES string of the molecule is COc1ccc(C2CCCN2C(=O)CN2CCCCC2CNC(=O)Nc2ccccc2)c(OC)c1. The number of piperidine rings is 1. The maximum Gasteiger partial charge on any atom is 0.319 e. The van der Waals surface area contributed by atoms with Gasteiger partial charge in [-0.3, -0.25) is 9.69 Å². The third-order valence-corrected chi connectivity index (χ3v) is 6.99. The zero-order valence-electron chi connectivity index (χ0n) is 20.7. The molecule has 2 aliphatic rings. The summed E-state index contributed by atoms with van der Waals surface area (Å²) in [5.74, 6) is 1.62. The first-order chi connectivity index (χ1) is 17.1. The summed E-state index contributed by atoms with van der Waals surface area (Å²) in [6, 6.07) is 15.1. The van der Waals surface area contributed by atoms with E-state index in [1.165, 1.54) is 0 Å². The predicted molar refractivity (Wildman–Crippen MR) is 136 cm³/mol. The number of hydrogen-bond donors (Lipinski definition) is 2. The Labute approximate surface area is 207 Å². The molecule has 2 atom stereocenters. The molecule has 2 saturated heterocycles. The highest BCUT2D eigenvalue weighted by Gasteiger charge is 2.34. The number of benzene rings is 2. The normalized spacial score (nSPS) is 20.3. The van der Waals surface area contributed by atoms with Crippen molar-refractivity contribution < 1.29 is 19.1 Å². The van der Waals surface area contributed by atoms with E-state index in [4.69, 9.17) is 9.47 Å². The zero-order chi connectivity index (χ0) is 24.6. The number of ether oxygens (including phenoxy) is 2. The molecule has 8 nitrogen and oxygen atoms in total. The van der Waals surface area contributed by atoms with E-state index in [2.05, 4.69) is 15.5 Å². The van der Waals surface area contributed by atoms with Crippen LogP contribution in [0, 0.1) is 0 Å². The lowest BCUT2D eigenvalue weighted by atomic mass is 10.0. The van der Waals surface area contributed by atoms with Crippen LogP contribution in [-0.2, 0) is 4.79 Å². The fourth-order valence-corrected chi connectivity index (χ4v) is 5.15. The zero-order valence-corrected chi connectivity index (χ0v) is 20.7. The number of carbonyl (C=O) groups is 2. The average Bonchev–Trinajstić information content (AvgIpc) is 3.38. The van der Waals surface area contributed by atoms with E-state index in [9.17, 15) is 9.59 Å². The molecule has 0 spiro atoms. The van der Waals surface area contributed by atoms with Crippen molar-refractivity contribution in [3.05, 3.63) is 54.1 Å². The van der Waals surface area contributed by atoms with Crippen molar-refractivity contribution in [3.63, 3.8) is 0 Å². The fraction of sp³-hybridized carbons (Fsp3) is 0.481. The molecule has 4 rings (SSSR count). The number of amides is 3. The van der Waals surface area contributed by atoms with Crippen LogP contribution in [0.15, 0.2) is 48.5 Å². The molecule has 2 unspecified atom stereocenters. The third-order valence-electron chi connectivity index (χ3n) is 6.99. The minimum Gasteiger partial charge on any atom is -0.497 e. The number of para-hydroxylation sites is 1. The summed E-state index contributed by atoms with van der Waals surface area (Å²) in [6.07, 6.45) is 5.02. The quantitative estimate of drug-likeness (QED) is 0.596. The Morgan fingerprint density at radius 1 is 0.971 bits per heavy atom. The first-order valence-corrected chi connectivity index (χ1v) is 12.4. The molecular formula is C27H36N4O4. The third kappa shape index (κ3) is 6.25. The van der Waals surface area contributed by atoms with Gasteiger partial charge >= 0.3 is 6.03 Å². The topological polar surface area (TPSA) is 83.1 Å². The van der Waals surface area contributed by atoms with Gasteiger partial charge in [0.1, 0.15) is 11.5 Å². The van der Waals surface area contributed by atoms with Crippen LogP contribution in [0.5, 0.6) is 11.5 Å². The highest BCUT2D eigenvalue weighted by Crippen LogP contribution is 2.38. The molecule has 8 heteroatoms. The first kappa shape index (κ1) is 24.9. The molecule has 2 N–H and O–H groups in total. The Morgan fingerprint density at radius 3 is 2.57 bits per heavy atom. The molecule has 2 fully saturated rings. The summed E-state index contributed by atoms with van der Waals surface area (Å²) >= 11 is 0.